The first kappa shape index (κ1) is 16.9. The lowest BCUT2D eigenvalue weighted by Crippen LogP contribution is -2.24. The van der Waals surface area contributed by atoms with Crippen molar-refractivity contribution in [3.05, 3.63) is 76.4 Å². The smallest absolute Gasteiger partial charge is 0.226 e. The molecule has 5 heteroatoms. The highest BCUT2D eigenvalue weighted by atomic mass is 35.5. The van der Waals surface area contributed by atoms with Gasteiger partial charge in [-0.2, -0.15) is 5.10 Å². The molecule has 0 fully saturated rings. The Hall–Kier alpha value is -2.59. The highest BCUT2D eigenvalue weighted by Gasteiger charge is 2.30. The first-order valence-corrected chi connectivity index (χ1v) is 9.14. The van der Waals surface area contributed by atoms with Crippen LogP contribution in [0, 0.1) is 0 Å². The second-order valence-corrected chi connectivity index (χ2v) is 7.40. The third-order valence-corrected chi connectivity index (χ3v) is 5.15. The Morgan fingerprint density at radius 1 is 1.12 bits per heavy atom. The van der Waals surface area contributed by atoms with Gasteiger partial charge in [-0.15, -0.1) is 0 Å². The number of anilines is 1. The van der Waals surface area contributed by atoms with Crippen molar-refractivity contribution in [1.82, 2.24) is 9.78 Å². The zero-order chi connectivity index (χ0) is 18.3. The molecule has 26 heavy (non-hydrogen) atoms. The maximum Gasteiger partial charge on any atom is 0.226 e. The highest BCUT2D eigenvalue weighted by molar-refractivity contribution is 6.30. The van der Waals surface area contributed by atoms with Gasteiger partial charge in [0.2, 0.25) is 5.91 Å². The normalized spacial score (nSPS) is 16.5. The number of hydrogen-bond donors (Lipinski definition) is 1. The van der Waals surface area contributed by atoms with E-state index in [9.17, 15) is 4.79 Å². The predicted molar refractivity (Wildman–Crippen MR) is 104 cm³/mol. The van der Waals surface area contributed by atoms with Gasteiger partial charge in [-0.1, -0.05) is 49.7 Å². The lowest BCUT2D eigenvalue weighted by molar-refractivity contribution is -0.116. The van der Waals surface area contributed by atoms with Crippen LogP contribution in [0.2, 0.25) is 5.02 Å². The molecule has 4 rings (SSSR count). The van der Waals surface area contributed by atoms with E-state index in [1.54, 1.807) is 4.68 Å². The van der Waals surface area contributed by atoms with E-state index >= 15 is 0 Å². The van der Waals surface area contributed by atoms with Gasteiger partial charge >= 0.3 is 0 Å². The first-order chi connectivity index (χ1) is 12.5. The number of amides is 1. The van der Waals surface area contributed by atoms with Crippen molar-refractivity contribution >= 4 is 23.3 Å². The van der Waals surface area contributed by atoms with E-state index in [0.717, 1.165) is 22.6 Å². The highest BCUT2D eigenvalue weighted by Crippen LogP contribution is 2.38. The number of carbonyl (C=O) groups excluding carboxylic acids is 1. The van der Waals surface area contributed by atoms with Crippen LogP contribution in [-0.4, -0.2) is 15.7 Å². The van der Waals surface area contributed by atoms with Crippen LogP contribution in [-0.2, 0) is 4.79 Å². The molecule has 132 valence electrons. The molecular formula is C21H20ClN3O. The molecule has 1 N–H and O–H groups in total. The summed E-state index contributed by atoms with van der Waals surface area (Å²) >= 11 is 5.98. The van der Waals surface area contributed by atoms with Crippen LogP contribution in [0.4, 0.5) is 5.82 Å². The molecule has 1 atom stereocenters. The van der Waals surface area contributed by atoms with Gasteiger partial charge < -0.3 is 5.32 Å². The molecule has 1 aromatic heterocycles. The number of hydrogen-bond acceptors (Lipinski definition) is 2. The fourth-order valence-electron chi connectivity index (χ4n) is 3.41. The fraction of sp³-hybridized carbons (Fsp3) is 0.238. The van der Waals surface area contributed by atoms with Crippen LogP contribution in [0.25, 0.3) is 5.69 Å². The van der Waals surface area contributed by atoms with Gasteiger partial charge in [0.05, 0.1) is 11.9 Å². The van der Waals surface area contributed by atoms with E-state index in [4.69, 9.17) is 11.6 Å². The second-order valence-electron chi connectivity index (χ2n) is 6.96. The summed E-state index contributed by atoms with van der Waals surface area (Å²) in [4.78, 5) is 12.3. The summed E-state index contributed by atoms with van der Waals surface area (Å²) in [6.07, 6.45) is 2.28. The molecule has 0 bridgehead atoms. The van der Waals surface area contributed by atoms with Gasteiger partial charge in [-0.05, 0) is 41.3 Å². The molecule has 0 aliphatic carbocycles. The van der Waals surface area contributed by atoms with Crippen LogP contribution >= 0.6 is 11.6 Å². The van der Waals surface area contributed by atoms with E-state index in [1.807, 2.05) is 30.5 Å². The third kappa shape index (κ3) is 3.01. The summed E-state index contributed by atoms with van der Waals surface area (Å²) in [6, 6.07) is 16.0. The van der Waals surface area contributed by atoms with Crippen LogP contribution in [0.3, 0.4) is 0 Å². The minimum absolute atomic E-state index is 0.00569. The molecule has 3 aromatic rings. The fourth-order valence-corrected chi connectivity index (χ4v) is 3.53. The van der Waals surface area contributed by atoms with E-state index < -0.39 is 0 Å². The Labute approximate surface area is 157 Å². The summed E-state index contributed by atoms with van der Waals surface area (Å²) < 4.78 is 1.76. The molecule has 0 unspecified atom stereocenters. The second kappa shape index (κ2) is 6.61. The zero-order valence-electron chi connectivity index (χ0n) is 14.7. The Morgan fingerprint density at radius 3 is 2.46 bits per heavy atom. The van der Waals surface area contributed by atoms with Crippen LogP contribution < -0.4 is 5.32 Å². The average molecular weight is 366 g/mol. The minimum Gasteiger partial charge on any atom is -0.310 e. The Bertz CT molecular complexity index is 942. The van der Waals surface area contributed by atoms with Gasteiger partial charge in [-0.3, -0.25) is 4.79 Å². The number of halogens is 1. The van der Waals surface area contributed by atoms with Crippen molar-refractivity contribution in [3.63, 3.8) is 0 Å². The number of nitrogens with one attached hydrogen (secondary N) is 1. The minimum atomic E-state index is 0.00569. The Kier molecular flexibility index (Phi) is 4.29. The molecule has 4 nitrogen and oxygen atoms in total. The van der Waals surface area contributed by atoms with E-state index in [2.05, 4.69) is 48.5 Å². The van der Waals surface area contributed by atoms with Gasteiger partial charge in [0.15, 0.2) is 0 Å². The van der Waals surface area contributed by atoms with Crippen molar-refractivity contribution in [3.8, 4) is 5.69 Å². The average Bonchev–Trinajstić information content (AvgIpc) is 3.05. The van der Waals surface area contributed by atoms with Gasteiger partial charge in [-0.25, -0.2) is 4.68 Å². The third-order valence-electron chi connectivity index (χ3n) is 4.90. The Morgan fingerprint density at radius 2 is 1.81 bits per heavy atom. The van der Waals surface area contributed by atoms with E-state index in [1.165, 1.54) is 5.56 Å². The standard InChI is InChI=1S/C21H20ClN3O/c1-13(2)14-3-5-15(6-4-14)18-11-20(26)24-21-19(18)12-23-25(21)17-9-7-16(22)8-10-17/h3-10,12-13,18H,11H2,1-2H3,(H,24,26)/t18-/m1/s1. The molecule has 0 saturated heterocycles. The molecule has 1 amide bonds. The monoisotopic (exact) mass is 365 g/mol. The number of benzene rings is 2. The van der Waals surface area contributed by atoms with Crippen molar-refractivity contribution < 1.29 is 4.79 Å². The summed E-state index contributed by atoms with van der Waals surface area (Å²) in [5.41, 5.74) is 4.34. The number of fused-ring (bicyclic) bond motifs is 1. The molecule has 1 aliphatic heterocycles. The van der Waals surface area contributed by atoms with Gasteiger partial charge in [0.1, 0.15) is 5.82 Å². The van der Waals surface area contributed by atoms with Crippen molar-refractivity contribution in [1.29, 1.82) is 0 Å². The van der Waals surface area contributed by atoms with Crippen molar-refractivity contribution in [2.75, 3.05) is 5.32 Å². The first-order valence-electron chi connectivity index (χ1n) is 8.76. The molecule has 2 heterocycles. The van der Waals surface area contributed by atoms with Gasteiger partial charge in [0, 0.05) is 22.9 Å². The number of carbonyl (C=O) groups is 1. The summed E-state index contributed by atoms with van der Waals surface area (Å²) in [5.74, 6) is 1.25. The molecule has 2 aromatic carbocycles. The maximum absolute atomic E-state index is 12.3. The Balaban J connectivity index is 1.74. The molecule has 1 aliphatic rings. The largest absolute Gasteiger partial charge is 0.310 e. The quantitative estimate of drug-likeness (QED) is 0.700. The molecule has 0 saturated carbocycles. The lowest BCUT2D eigenvalue weighted by atomic mass is 9.86. The number of rotatable bonds is 3. The molecule has 0 spiro atoms. The van der Waals surface area contributed by atoms with Crippen LogP contribution in [0.5, 0.6) is 0 Å². The lowest BCUT2D eigenvalue weighted by Gasteiger charge is -2.24. The van der Waals surface area contributed by atoms with Crippen LogP contribution in [0.15, 0.2) is 54.7 Å². The number of aromatic nitrogens is 2. The zero-order valence-corrected chi connectivity index (χ0v) is 15.5. The predicted octanol–water partition coefficient (Wildman–Crippen LogP) is 5.12. The van der Waals surface area contributed by atoms with E-state index in [-0.39, 0.29) is 11.8 Å². The molecule has 0 radical (unpaired) electrons. The summed E-state index contributed by atoms with van der Waals surface area (Å²) in [7, 11) is 0. The summed E-state index contributed by atoms with van der Waals surface area (Å²) in [5, 5.41) is 8.16. The van der Waals surface area contributed by atoms with Crippen molar-refractivity contribution in [2.24, 2.45) is 0 Å². The maximum atomic E-state index is 12.3. The summed E-state index contributed by atoms with van der Waals surface area (Å²) in [6.45, 7) is 4.36. The van der Waals surface area contributed by atoms with E-state index in [0.29, 0.717) is 17.4 Å². The van der Waals surface area contributed by atoms with Crippen molar-refractivity contribution in [2.45, 2.75) is 32.1 Å². The number of nitrogens with zero attached hydrogens (tertiary/aromatic N) is 2. The SMILES string of the molecule is CC(C)c1ccc([C@H]2CC(=O)Nc3c2cnn3-c2ccc(Cl)cc2)cc1. The van der Waals surface area contributed by atoms with Crippen LogP contribution in [0.1, 0.15) is 48.8 Å². The molecular weight excluding hydrogens is 346 g/mol. The van der Waals surface area contributed by atoms with Gasteiger partial charge in [0.25, 0.3) is 0 Å². The topological polar surface area (TPSA) is 46.9 Å².